The average Bonchev–Trinajstić information content (AvgIpc) is 2.72. The van der Waals surface area contributed by atoms with Crippen molar-refractivity contribution < 1.29 is 17.9 Å². The topological polar surface area (TPSA) is 93.7 Å². The van der Waals surface area contributed by atoms with Gasteiger partial charge < -0.3 is 9.72 Å². The Morgan fingerprint density at radius 3 is 2.47 bits per heavy atom. The summed E-state index contributed by atoms with van der Waals surface area (Å²) >= 11 is 0. The maximum absolute atomic E-state index is 13.5. The third-order valence-corrected chi connectivity index (χ3v) is 7.92. The van der Waals surface area contributed by atoms with Gasteiger partial charge in [0.15, 0.2) is 5.65 Å². The van der Waals surface area contributed by atoms with Crippen LogP contribution in [0.15, 0.2) is 23.1 Å². The van der Waals surface area contributed by atoms with E-state index in [-0.39, 0.29) is 36.8 Å². The number of halogens is 3. The molecule has 7 nitrogen and oxygen atoms in total. The lowest BCUT2D eigenvalue weighted by atomic mass is 9.34. The molecule has 3 aromatic heterocycles. The van der Waals surface area contributed by atoms with Gasteiger partial charge in [0.05, 0.1) is 28.6 Å². The van der Waals surface area contributed by atoms with Gasteiger partial charge in [-0.15, -0.1) is 0 Å². The first-order valence-corrected chi connectivity index (χ1v) is 11.5. The number of hydrogen-bond donors (Lipinski definition) is 1. The standard InChI is InChI=1S/C24H24F3N5O2/c1-12-13(2)30-21-18(29-12)19(22-9-23(10-22,11-22)24(25,26)27)31-20(32-21)14-5-6-34-16(7-14)15-3-4-17(33)28-8-15/h3-4,8,14,16H,5-7,9-11H2,1-2H3,(H,28,33)/t14-,16+,22?,23?/m1/s1. The molecular formula is C24H24F3N5O2. The zero-order valence-electron chi connectivity index (χ0n) is 18.9. The molecule has 4 aliphatic rings. The number of hydrogen-bond acceptors (Lipinski definition) is 6. The van der Waals surface area contributed by atoms with E-state index in [9.17, 15) is 18.0 Å². The largest absolute Gasteiger partial charge is 0.394 e. The smallest absolute Gasteiger partial charge is 0.373 e. The number of H-pyrrole nitrogens is 1. The van der Waals surface area contributed by atoms with E-state index in [2.05, 4.69) is 15.0 Å². The molecule has 2 atom stereocenters. The summed E-state index contributed by atoms with van der Waals surface area (Å²) in [4.78, 5) is 33.0. The number of rotatable bonds is 3. The maximum Gasteiger partial charge on any atom is 0.394 e. The first kappa shape index (κ1) is 21.6. The maximum atomic E-state index is 13.5. The number of nitrogens with zero attached hydrogens (tertiary/aromatic N) is 4. The summed E-state index contributed by atoms with van der Waals surface area (Å²) in [5.74, 6) is 0.546. The predicted octanol–water partition coefficient (Wildman–Crippen LogP) is 4.34. The lowest BCUT2D eigenvalue weighted by Crippen LogP contribution is -2.70. The van der Waals surface area contributed by atoms with E-state index in [4.69, 9.17) is 14.7 Å². The number of aromatic amines is 1. The molecule has 3 aromatic rings. The van der Waals surface area contributed by atoms with E-state index >= 15 is 0 Å². The van der Waals surface area contributed by atoms with Gasteiger partial charge in [-0.25, -0.2) is 19.9 Å². The van der Waals surface area contributed by atoms with Gasteiger partial charge in [0.25, 0.3) is 0 Å². The van der Waals surface area contributed by atoms with Crippen LogP contribution in [0.5, 0.6) is 0 Å². The van der Waals surface area contributed by atoms with E-state index in [1.807, 2.05) is 13.8 Å². The lowest BCUT2D eigenvalue weighted by molar-refractivity contribution is -0.337. The van der Waals surface area contributed by atoms with Crippen LogP contribution in [0.2, 0.25) is 0 Å². The van der Waals surface area contributed by atoms with Gasteiger partial charge in [-0.1, -0.05) is 0 Å². The Balaban J connectivity index is 1.39. The molecule has 2 bridgehead atoms. The van der Waals surface area contributed by atoms with Crippen molar-refractivity contribution in [2.24, 2.45) is 5.41 Å². The molecule has 178 valence electrons. The summed E-state index contributed by atoms with van der Waals surface area (Å²) in [6, 6.07) is 3.21. The Labute approximate surface area is 193 Å². The first-order chi connectivity index (χ1) is 16.1. The van der Waals surface area contributed by atoms with E-state index < -0.39 is 17.0 Å². The fourth-order valence-electron chi connectivity index (χ4n) is 5.91. The van der Waals surface area contributed by atoms with E-state index in [0.717, 1.165) is 17.0 Å². The van der Waals surface area contributed by atoms with Crippen LogP contribution in [-0.2, 0) is 10.2 Å². The second-order valence-electron chi connectivity index (χ2n) is 10.2. The second kappa shape index (κ2) is 7.07. The van der Waals surface area contributed by atoms with Gasteiger partial charge in [0.1, 0.15) is 11.3 Å². The fraction of sp³-hybridized carbons (Fsp3) is 0.542. The molecule has 3 aliphatic carbocycles. The molecule has 0 radical (unpaired) electrons. The first-order valence-electron chi connectivity index (χ1n) is 11.5. The van der Waals surface area contributed by atoms with Crippen LogP contribution in [0.1, 0.15) is 72.6 Å². The Kier molecular flexibility index (Phi) is 4.50. The second-order valence-corrected chi connectivity index (χ2v) is 10.2. The van der Waals surface area contributed by atoms with Gasteiger partial charge in [-0.05, 0) is 57.6 Å². The summed E-state index contributed by atoms with van der Waals surface area (Å²) < 4.78 is 46.6. The number of aryl methyl sites for hydroxylation is 2. The lowest BCUT2D eigenvalue weighted by Gasteiger charge is -2.70. The third-order valence-electron chi connectivity index (χ3n) is 7.92. The Morgan fingerprint density at radius 1 is 1.06 bits per heavy atom. The SMILES string of the molecule is Cc1nc2nc([C@@H]3CCO[C@H](c4ccc(=O)[nH]c4)C3)nc(C34CC(C(F)(F)F)(C3)C4)c2nc1C. The minimum absolute atomic E-state index is 0.0406. The number of fused-ring (bicyclic) bond motifs is 1. The predicted molar refractivity (Wildman–Crippen MR) is 116 cm³/mol. The Morgan fingerprint density at radius 2 is 1.79 bits per heavy atom. The highest BCUT2D eigenvalue weighted by atomic mass is 19.4. The number of ether oxygens (including phenoxy) is 1. The summed E-state index contributed by atoms with van der Waals surface area (Å²) in [6.45, 7) is 4.18. The molecule has 1 saturated heterocycles. The van der Waals surface area contributed by atoms with Crippen molar-refractivity contribution in [3.8, 4) is 0 Å². The van der Waals surface area contributed by atoms with E-state index in [1.54, 1.807) is 12.3 Å². The summed E-state index contributed by atoms with van der Waals surface area (Å²) in [7, 11) is 0. The van der Waals surface area contributed by atoms with Crippen LogP contribution in [0.25, 0.3) is 11.2 Å². The van der Waals surface area contributed by atoms with E-state index in [0.29, 0.717) is 42.1 Å². The highest BCUT2D eigenvalue weighted by molar-refractivity contribution is 5.75. The third kappa shape index (κ3) is 3.10. The summed E-state index contributed by atoms with van der Waals surface area (Å²) in [6.07, 6.45) is -1.31. The highest BCUT2D eigenvalue weighted by Gasteiger charge is 2.79. The van der Waals surface area contributed by atoms with Crippen molar-refractivity contribution in [3.05, 3.63) is 57.2 Å². The van der Waals surface area contributed by atoms with Gasteiger partial charge >= 0.3 is 6.18 Å². The van der Waals surface area contributed by atoms with E-state index in [1.165, 1.54) is 6.07 Å². The Bertz CT molecular complexity index is 1330. The molecule has 34 heavy (non-hydrogen) atoms. The van der Waals surface area contributed by atoms with Gasteiger partial charge in [-0.3, -0.25) is 4.79 Å². The van der Waals surface area contributed by atoms with Crippen molar-refractivity contribution in [2.45, 2.75) is 69.6 Å². The minimum atomic E-state index is -4.19. The Hall–Kier alpha value is -2.88. The number of aromatic nitrogens is 5. The number of alkyl halides is 3. The van der Waals surface area contributed by atoms with Crippen LogP contribution in [0.4, 0.5) is 13.2 Å². The molecule has 7 rings (SSSR count). The normalized spacial score (nSPS) is 30.6. The summed E-state index contributed by atoms with van der Waals surface area (Å²) in [5.41, 5.74) is 1.55. The van der Waals surface area contributed by atoms with Crippen LogP contribution in [0, 0.1) is 19.3 Å². The molecule has 4 fully saturated rings. The molecule has 0 unspecified atom stereocenters. The molecule has 3 saturated carbocycles. The monoisotopic (exact) mass is 471 g/mol. The van der Waals surface area contributed by atoms with Crippen LogP contribution in [-0.4, -0.2) is 37.7 Å². The van der Waals surface area contributed by atoms with Crippen LogP contribution in [0.3, 0.4) is 0 Å². The van der Waals surface area contributed by atoms with Crippen molar-refractivity contribution in [3.63, 3.8) is 0 Å². The quantitative estimate of drug-likeness (QED) is 0.611. The molecule has 10 heteroatoms. The van der Waals surface area contributed by atoms with Crippen molar-refractivity contribution in [2.75, 3.05) is 6.61 Å². The van der Waals surface area contributed by atoms with Crippen LogP contribution < -0.4 is 5.56 Å². The zero-order chi connectivity index (χ0) is 23.9. The van der Waals surface area contributed by atoms with Crippen LogP contribution >= 0.6 is 0 Å². The number of nitrogens with one attached hydrogen (secondary N) is 1. The van der Waals surface area contributed by atoms with Gasteiger partial charge in [0.2, 0.25) is 5.56 Å². The minimum Gasteiger partial charge on any atom is -0.373 e. The molecule has 4 heterocycles. The number of pyridine rings is 1. The van der Waals surface area contributed by atoms with Crippen molar-refractivity contribution in [1.82, 2.24) is 24.9 Å². The summed E-state index contributed by atoms with van der Waals surface area (Å²) in [5, 5.41) is 0. The van der Waals surface area contributed by atoms with Crippen molar-refractivity contribution in [1.29, 1.82) is 0 Å². The van der Waals surface area contributed by atoms with Crippen molar-refractivity contribution >= 4 is 11.2 Å². The molecule has 1 N–H and O–H groups in total. The molecule has 0 spiro atoms. The fourth-order valence-corrected chi connectivity index (χ4v) is 5.91. The zero-order valence-corrected chi connectivity index (χ0v) is 18.9. The average molecular weight is 471 g/mol. The molecule has 0 aromatic carbocycles. The highest BCUT2D eigenvalue weighted by Crippen LogP contribution is 2.78. The molecular weight excluding hydrogens is 447 g/mol. The van der Waals surface area contributed by atoms with Gasteiger partial charge in [-0.2, -0.15) is 13.2 Å². The van der Waals surface area contributed by atoms with Gasteiger partial charge in [0, 0.05) is 30.2 Å². The molecule has 0 amide bonds. The molecule has 1 aliphatic heterocycles.